The van der Waals surface area contributed by atoms with E-state index in [1.54, 1.807) is 30.6 Å². The van der Waals surface area contributed by atoms with Crippen LogP contribution in [0.25, 0.3) is 0 Å². The standard InChI is InChI=1S/C23H17F4N3OS3/c24-17-6-4-14(5-7-17)9-19-12-29-22(34-19)32-13-20(31)30-21-28-11-18(33-21)10-15-2-1-3-16(8-15)23(25,26)27/h1-8,11-12H,9-10,13H2,(H,28,30,31). The molecule has 0 aliphatic heterocycles. The average molecular weight is 524 g/mol. The lowest BCUT2D eigenvalue weighted by Gasteiger charge is -2.07. The van der Waals surface area contributed by atoms with Crippen molar-refractivity contribution in [2.75, 3.05) is 11.1 Å². The van der Waals surface area contributed by atoms with E-state index in [0.717, 1.165) is 31.8 Å². The molecule has 176 valence electrons. The number of hydrogen-bond donors (Lipinski definition) is 1. The van der Waals surface area contributed by atoms with Gasteiger partial charge >= 0.3 is 6.18 Å². The molecule has 0 fully saturated rings. The van der Waals surface area contributed by atoms with Crippen molar-refractivity contribution in [2.24, 2.45) is 0 Å². The molecule has 0 radical (unpaired) electrons. The number of halogens is 4. The molecular formula is C23H17F4N3OS3. The third-order valence-corrected chi connectivity index (χ3v) is 7.65. The van der Waals surface area contributed by atoms with Crippen LogP contribution in [-0.2, 0) is 23.8 Å². The van der Waals surface area contributed by atoms with Gasteiger partial charge in [-0.3, -0.25) is 4.79 Å². The lowest BCUT2D eigenvalue weighted by atomic mass is 10.1. The van der Waals surface area contributed by atoms with Crippen molar-refractivity contribution in [3.63, 3.8) is 0 Å². The maximum atomic E-state index is 13.0. The fraction of sp³-hybridized carbons (Fsp3) is 0.174. The van der Waals surface area contributed by atoms with Crippen LogP contribution < -0.4 is 5.32 Å². The maximum Gasteiger partial charge on any atom is 0.416 e. The second-order valence-electron chi connectivity index (χ2n) is 7.24. The summed E-state index contributed by atoms with van der Waals surface area (Å²) in [5.41, 5.74) is 0.805. The van der Waals surface area contributed by atoms with Crippen molar-refractivity contribution in [3.05, 3.63) is 93.2 Å². The normalized spacial score (nSPS) is 11.5. The highest BCUT2D eigenvalue weighted by Gasteiger charge is 2.30. The van der Waals surface area contributed by atoms with Crippen LogP contribution in [0.1, 0.15) is 26.4 Å². The SMILES string of the molecule is O=C(CSc1ncc(Cc2ccc(F)cc2)s1)Nc1ncc(Cc2cccc(C(F)(F)F)c2)s1. The van der Waals surface area contributed by atoms with Gasteiger partial charge in [-0.15, -0.1) is 22.7 Å². The van der Waals surface area contributed by atoms with E-state index in [-0.39, 0.29) is 17.5 Å². The number of alkyl halides is 3. The third kappa shape index (κ3) is 6.87. The smallest absolute Gasteiger partial charge is 0.301 e. The number of thioether (sulfide) groups is 1. The van der Waals surface area contributed by atoms with E-state index in [1.165, 1.54) is 52.6 Å². The molecule has 0 saturated heterocycles. The van der Waals surface area contributed by atoms with Gasteiger partial charge in [-0.05, 0) is 29.3 Å². The summed E-state index contributed by atoms with van der Waals surface area (Å²) in [6.07, 6.45) is -0.161. The lowest BCUT2D eigenvalue weighted by molar-refractivity contribution is -0.137. The average Bonchev–Trinajstić information content (AvgIpc) is 3.43. The highest BCUT2D eigenvalue weighted by molar-refractivity contribution is 8.01. The second-order valence-corrected chi connectivity index (χ2v) is 10.7. The van der Waals surface area contributed by atoms with Crippen LogP contribution in [-0.4, -0.2) is 21.6 Å². The molecule has 4 nitrogen and oxygen atoms in total. The van der Waals surface area contributed by atoms with Gasteiger partial charge in [0.1, 0.15) is 5.82 Å². The molecule has 0 saturated carbocycles. The molecule has 4 aromatic rings. The first-order valence-electron chi connectivity index (χ1n) is 9.97. The minimum Gasteiger partial charge on any atom is -0.301 e. The Labute approximate surface area is 205 Å². The number of carbonyl (C=O) groups is 1. The molecule has 4 rings (SSSR count). The highest BCUT2D eigenvalue weighted by atomic mass is 32.2. The zero-order chi connectivity index (χ0) is 24.1. The molecule has 0 atom stereocenters. The Morgan fingerprint density at radius 3 is 2.41 bits per heavy atom. The molecule has 1 N–H and O–H groups in total. The Morgan fingerprint density at radius 1 is 0.941 bits per heavy atom. The summed E-state index contributed by atoms with van der Waals surface area (Å²) in [5.74, 6) is -0.384. The van der Waals surface area contributed by atoms with Crippen LogP contribution in [0, 0.1) is 5.82 Å². The summed E-state index contributed by atoms with van der Waals surface area (Å²) >= 11 is 4.00. The van der Waals surface area contributed by atoms with E-state index < -0.39 is 11.7 Å². The van der Waals surface area contributed by atoms with Gasteiger partial charge in [0, 0.05) is 35.0 Å². The van der Waals surface area contributed by atoms with E-state index in [4.69, 9.17) is 0 Å². The van der Waals surface area contributed by atoms with Crippen LogP contribution >= 0.6 is 34.4 Å². The molecular weight excluding hydrogens is 506 g/mol. The van der Waals surface area contributed by atoms with Gasteiger partial charge in [0.2, 0.25) is 5.91 Å². The van der Waals surface area contributed by atoms with E-state index >= 15 is 0 Å². The van der Waals surface area contributed by atoms with Crippen molar-refractivity contribution in [1.82, 2.24) is 9.97 Å². The number of benzene rings is 2. The van der Waals surface area contributed by atoms with E-state index in [2.05, 4.69) is 15.3 Å². The molecule has 11 heteroatoms. The molecule has 2 heterocycles. The number of nitrogens with one attached hydrogen (secondary N) is 1. The largest absolute Gasteiger partial charge is 0.416 e. The van der Waals surface area contributed by atoms with Crippen LogP contribution in [0.15, 0.2) is 65.3 Å². The Kier molecular flexibility index (Phi) is 7.64. The number of aromatic nitrogens is 2. The molecule has 0 spiro atoms. The van der Waals surface area contributed by atoms with Crippen molar-refractivity contribution in [2.45, 2.75) is 23.4 Å². The molecule has 2 aromatic heterocycles. The first-order chi connectivity index (χ1) is 16.2. The van der Waals surface area contributed by atoms with Crippen molar-refractivity contribution in [3.8, 4) is 0 Å². The van der Waals surface area contributed by atoms with Gasteiger partial charge in [0.05, 0.1) is 11.3 Å². The van der Waals surface area contributed by atoms with Gasteiger partial charge in [0.25, 0.3) is 0 Å². The fourth-order valence-electron chi connectivity index (χ4n) is 3.03. The molecule has 2 aromatic carbocycles. The van der Waals surface area contributed by atoms with Gasteiger partial charge in [-0.2, -0.15) is 13.2 Å². The molecule has 1 amide bonds. The van der Waals surface area contributed by atoms with E-state index in [9.17, 15) is 22.4 Å². The molecule has 0 unspecified atom stereocenters. The predicted octanol–water partition coefficient (Wildman–Crippen LogP) is 6.67. The molecule has 0 aliphatic rings. The molecule has 34 heavy (non-hydrogen) atoms. The van der Waals surface area contributed by atoms with Crippen LogP contribution in [0.4, 0.5) is 22.7 Å². The summed E-state index contributed by atoms with van der Waals surface area (Å²) in [6, 6.07) is 11.4. The zero-order valence-electron chi connectivity index (χ0n) is 17.4. The predicted molar refractivity (Wildman–Crippen MR) is 127 cm³/mol. The number of thiazole rings is 2. The minimum absolute atomic E-state index is 0.145. The topological polar surface area (TPSA) is 54.9 Å². The van der Waals surface area contributed by atoms with Crippen molar-refractivity contribution < 1.29 is 22.4 Å². The van der Waals surface area contributed by atoms with E-state index in [0.29, 0.717) is 23.5 Å². The monoisotopic (exact) mass is 523 g/mol. The Balaban J connectivity index is 1.27. The Morgan fingerprint density at radius 2 is 1.65 bits per heavy atom. The summed E-state index contributed by atoms with van der Waals surface area (Å²) in [7, 11) is 0. The van der Waals surface area contributed by atoms with Gasteiger partial charge in [-0.1, -0.05) is 42.1 Å². The highest BCUT2D eigenvalue weighted by Crippen LogP contribution is 2.31. The van der Waals surface area contributed by atoms with Gasteiger partial charge < -0.3 is 5.32 Å². The summed E-state index contributed by atoms with van der Waals surface area (Å²) in [6.45, 7) is 0. The number of rotatable bonds is 8. The summed E-state index contributed by atoms with van der Waals surface area (Å²) in [5, 5.41) is 3.11. The number of hydrogen-bond acceptors (Lipinski definition) is 6. The molecule has 0 bridgehead atoms. The summed E-state index contributed by atoms with van der Waals surface area (Å²) in [4.78, 5) is 22.5. The van der Waals surface area contributed by atoms with Gasteiger partial charge in [0.15, 0.2) is 9.47 Å². The number of nitrogens with zero attached hydrogens (tertiary/aromatic N) is 2. The summed E-state index contributed by atoms with van der Waals surface area (Å²) < 4.78 is 52.4. The van der Waals surface area contributed by atoms with Crippen LogP contribution in [0.2, 0.25) is 0 Å². The quantitative estimate of drug-likeness (QED) is 0.207. The number of carbonyl (C=O) groups excluding carboxylic acids is 1. The number of amides is 1. The first-order valence-corrected chi connectivity index (χ1v) is 12.6. The Hall–Kier alpha value is -2.76. The van der Waals surface area contributed by atoms with E-state index in [1.807, 2.05) is 0 Å². The van der Waals surface area contributed by atoms with Gasteiger partial charge in [-0.25, -0.2) is 14.4 Å². The first kappa shape index (κ1) is 24.4. The van der Waals surface area contributed by atoms with Crippen molar-refractivity contribution in [1.29, 1.82) is 0 Å². The fourth-order valence-corrected chi connectivity index (χ4v) is 5.75. The molecule has 0 aliphatic carbocycles. The second kappa shape index (κ2) is 10.7. The zero-order valence-corrected chi connectivity index (χ0v) is 19.9. The van der Waals surface area contributed by atoms with Crippen LogP contribution in [0.5, 0.6) is 0 Å². The van der Waals surface area contributed by atoms with Crippen molar-refractivity contribution >= 4 is 45.5 Å². The lowest BCUT2D eigenvalue weighted by Crippen LogP contribution is -2.13. The van der Waals surface area contributed by atoms with Crippen LogP contribution in [0.3, 0.4) is 0 Å². The maximum absolute atomic E-state index is 13.0. The minimum atomic E-state index is -4.39. The third-order valence-electron chi connectivity index (χ3n) is 4.58. The Bertz CT molecular complexity index is 1270. The number of anilines is 1.